The lowest BCUT2D eigenvalue weighted by molar-refractivity contribution is 0.0694. The molecule has 2 N–H and O–H groups in total. The smallest absolute Gasteiger partial charge is 0.137 e. The fraction of sp³-hybridized carbons (Fsp3) is 0.692. The third-order valence-corrected chi connectivity index (χ3v) is 2.86. The Kier molecular flexibility index (Phi) is 6.52. The van der Waals surface area contributed by atoms with E-state index in [4.69, 9.17) is 4.74 Å². The van der Waals surface area contributed by atoms with Crippen LogP contribution in [0.3, 0.4) is 0 Å². The fourth-order valence-electron chi connectivity index (χ4n) is 2.08. The van der Waals surface area contributed by atoms with Gasteiger partial charge in [0.05, 0.1) is 12.7 Å². The van der Waals surface area contributed by atoms with Crippen LogP contribution >= 0.6 is 0 Å². The maximum absolute atomic E-state index is 9.80. The summed E-state index contributed by atoms with van der Waals surface area (Å²) in [5, 5.41) is 12.9. The summed E-state index contributed by atoms with van der Waals surface area (Å²) in [5.41, 5.74) is 1.08. The van der Waals surface area contributed by atoms with Crippen molar-refractivity contribution < 1.29 is 9.84 Å². The molecule has 0 amide bonds. The predicted octanol–water partition coefficient (Wildman–Crippen LogP) is 0.914. The van der Waals surface area contributed by atoms with Crippen LogP contribution < -0.4 is 10.2 Å². The van der Waals surface area contributed by atoms with Gasteiger partial charge in [-0.1, -0.05) is 13.3 Å². The minimum absolute atomic E-state index is 0.317. The number of anilines is 2. The zero-order valence-electron chi connectivity index (χ0n) is 12.2. The summed E-state index contributed by atoms with van der Waals surface area (Å²) in [7, 11) is 5.35. The molecule has 0 saturated heterocycles. The summed E-state index contributed by atoms with van der Waals surface area (Å²) in [6.45, 7) is 2.91. The van der Waals surface area contributed by atoms with Gasteiger partial charge in [0.25, 0.3) is 0 Å². The zero-order valence-corrected chi connectivity index (χ0v) is 12.2. The third-order valence-electron chi connectivity index (χ3n) is 2.86. The average Bonchev–Trinajstić information content (AvgIpc) is 2.39. The van der Waals surface area contributed by atoms with Crippen molar-refractivity contribution in [2.24, 2.45) is 0 Å². The van der Waals surface area contributed by atoms with Gasteiger partial charge >= 0.3 is 0 Å². The first-order valence-corrected chi connectivity index (χ1v) is 6.53. The Morgan fingerprint density at radius 3 is 2.79 bits per heavy atom. The Morgan fingerprint density at radius 2 is 2.21 bits per heavy atom. The lowest BCUT2D eigenvalue weighted by Crippen LogP contribution is -2.33. The molecule has 1 unspecified atom stereocenters. The number of aliphatic hydroxyl groups is 1. The average molecular weight is 268 g/mol. The largest absolute Gasteiger partial charge is 0.389 e. The first-order chi connectivity index (χ1) is 9.13. The van der Waals surface area contributed by atoms with Crippen LogP contribution in [-0.4, -0.2) is 55.5 Å². The number of aromatic nitrogens is 2. The van der Waals surface area contributed by atoms with Crippen LogP contribution in [0.4, 0.5) is 11.6 Å². The number of aliphatic hydroxyl groups excluding tert-OH is 1. The van der Waals surface area contributed by atoms with Gasteiger partial charge in [0.15, 0.2) is 0 Å². The highest BCUT2D eigenvalue weighted by Crippen LogP contribution is 2.23. The van der Waals surface area contributed by atoms with E-state index < -0.39 is 6.10 Å². The standard InChI is InChI=1S/C13H24N4O2/c1-5-6-11-12(14-2)15-9-16-13(11)17(3)7-10(18)8-19-4/h9-10,18H,5-8H2,1-4H3,(H,14,15,16). The molecule has 0 bridgehead atoms. The van der Waals surface area contributed by atoms with Gasteiger partial charge in [-0.3, -0.25) is 0 Å². The summed E-state index contributed by atoms with van der Waals surface area (Å²) in [5.74, 6) is 1.70. The van der Waals surface area contributed by atoms with Crippen LogP contribution in [0.25, 0.3) is 0 Å². The summed E-state index contributed by atoms with van der Waals surface area (Å²) in [6.07, 6.45) is 2.93. The van der Waals surface area contributed by atoms with Crippen molar-refractivity contribution >= 4 is 11.6 Å². The van der Waals surface area contributed by atoms with Gasteiger partial charge in [-0.15, -0.1) is 0 Å². The van der Waals surface area contributed by atoms with E-state index in [2.05, 4.69) is 22.2 Å². The van der Waals surface area contributed by atoms with Gasteiger partial charge in [-0.25, -0.2) is 9.97 Å². The molecule has 6 heteroatoms. The fourth-order valence-corrected chi connectivity index (χ4v) is 2.08. The van der Waals surface area contributed by atoms with E-state index in [1.165, 1.54) is 0 Å². The van der Waals surface area contributed by atoms with Gasteiger partial charge < -0.3 is 20.1 Å². The Labute approximate surface area is 114 Å². The highest BCUT2D eigenvalue weighted by Gasteiger charge is 2.16. The van der Waals surface area contributed by atoms with E-state index in [0.29, 0.717) is 13.2 Å². The highest BCUT2D eigenvalue weighted by atomic mass is 16.5. The van der Waals surface area contributed by atoms with Gasteiger partial charge in [-0.2, -0.15) is 0 Å². The van der Waals surface area contributed by atoms with Crippen LogP contribution in [-0.2, 0) is 11.2 Å². The molecule has 1 heterocycles. The minimum Gasteiger partial charge on any atom is -0.389 e. The first kappa shape index (κ1) is 15.7. The summed E-state index contributed by atoms with van der Waals surface area (Å²) >= 11 is 0. The zero-order chi connectivity index (χ0) is 14.3. The van der Waals surface area contributed by atoms with Crippen molar-refractivity contribution in [2.75, 3.05) is 44.6 Å². The quantitative estimate of drug-likeness (QED) is 0.730. The number of methoxy groups -OCH3 is 1. The molecule has 1 rings (SSSR count). The Balaban J connectivity index is 2.91. The molecule has 0 fully saturated rings. The molecule has 0 aliphatic rings. The SMILES string of the molecule is CCCc1c(NC)ncnc1N(C)CC(O)COC. The molecule has 0 spiro atoms. The van der Waals surface area contributed by atoms with Gasteiger partial charge in [0, 0.05) is 33.3 Å². The van der Waals surface area contributed by atoms with Crippen molar-refractivity contribution in [2.45, 2.75) is 25.9 Å². The second kappa shape index (κ2) is 7.91. The van der Waals surface area contributed by atoms with E-state index in [1.807, 2.05) is 19.0 Å². The molecule has 108 valence electrons. The van der Waals surface area contributed by atoms with Crippen LogP contribution in [0.5, 0.6) is 0 Å². The maximum atomic E-state index is 9.80. The van der Waals surface area contributed by atoms with Gasteiger partial charge in [0.2, 0.25) is 0 Å². The Morgan fingerprint density at radius 1 is 1.47 bits per heavy atom. The predicted molar refractivity (Wildman–Crippen MR) is 76.7 cm³/mol. The third kappa shape index (κ3) is 4.33. The monoisotopic (exact) mass is 268 g/mol. The minimum atomic E-state index is -0.530. The number of hydrogen-bond donors (Lipinski definition) is 2. The molecule has 1 atom stereocenters. The van der Waals surface area contributed by atoms with Crippen LogP contribution in [0, 0.1) is 0 Å². The molecule has 0 saturated carbocycles. The number of nitrogens with zero attached hydrogens (tertiary/aromatic N) is 3. The lowest BCUT2D eigenvalue weighted by Gasteiger charge is -2.24. The van der Waals surface area contributed by atoms with E-state index in [9.17, 15) is 5.11 Å². The molecule has 0 aliphatic carbocycles. The van der Waals surface area contributed by atoms with Gasteiger partial charge in [0.1, 0.15) is 18.0 Å². The second-order valence-corrected chi connectivity index (χ2v) is 4.51. The molecular formula is C13H24N4O2. The van der Waals surface area contributed by atoms with E-state index in [0.717, 1.165) is 30.0 Å². The maximum Gasteiger partial charge on any atom is 0.137 e. The van der Waals surface area contributed by atoms with Crippen LogP contribution in [0.15, 0.2) is 6.33 Å². The summed E-state index contributed by atoms with van der Waals surface area (Å²) < 4.78 is 4.94. The Bertz CT molecular complexity index is 387. The normalized spacial score (nSPS) is 12.3. The van der Waals surface area contributed by atoms with Crippen molar-refractivity contribution in [3.8, 4) is 0 Å². The molecule has 0 radical (unpaired) electrons. The van der Waals surface area contributed by atoms with E-state index >= 15 is 0 Å². The lowest BCUT2D eigenvalue weighted by atomic mass is 10.1. The topological polar surface area (TPSA) is 70.5 Å². The number of hydrogen-bond acceptors (Lipinski definition) is 6. The molecule has 0 aromatic carbocycles. The van der Waals surface area contributed by atoms with Crippen molar-refractivity contribution in [3.63, 3.8) is 0 Å². The van der Waals surface area contributed by atoms with E-state index in [1.54, 1.807) is 13.4 Å². The number of ether oxygens (including phenoxy) is 1. The van der Waals surface area contributed by atoms with E-state index in [-0.39, 0.29) is 0 Å². The number of nitrogens with one attached hydrogen (secondary N) is 1. The first-order valence-electron chi connectivity index (χ1n) is 6.53. The molecular weight excluding hydrogens is 244 g/mol. The highest BCUT2D eigenvalue weighted by molar-refractivity contribution is 5.58. The number of likely N-dealkylation sites (N-methyl/N-ethyl adjacent to an activating group) is 1. The van der Waals surface area contributed by atoms with Gasteiger partial charge in [-0.05, 0) is 6.42 Å². The van der Waals surface area contributed by atoms with Crippen LogP contribution in [0.2, 0.25) is 0 Å². The number of rotatable bonds is 8. The molecule has 6 nitrogen and oxygen atoms in total. The summed E-state index contributed by atoms with van der Waals surface area (Å²) in [4.78, 5) is 10.5. The van der Waals surface area contributed by atoms with Crippen LogP contribution in [0.1, 0.15) is 18.9 Å². The Hall–Kier alpha value is -1.40. The molecule has 0 aliphatic heterocycles. The van der Waals surface area contributed by atoms with Crippen molar-refractivity contribution in [1.29, 1.82) is 0 Å². The van der Waals surface area contributed by atoms with Crippen molar-refractivity contribution in [3.05, 3.63) is 11.9 Å². The summed E-state index contributed by atoms with van der Waals surface area (Å²) in [6, 6.07) is 0. The second-order valence-electron chi connectivity index (χ2n) is 4.51. The molecule has 1 aromatic heterocycles. The molecule has 19 heavy (non-hydrogen) atoms. The molecule has 1 aromatic rings. The van der Waals surface area contributed by atoms with Crippen molar-refractivity contribution in [1.82, 2.24) is 9.97 Å².